The summed E-state index contributed by atoms with van der Waals surface area (Å²) in [5.41, 5.74) is 11.0. The molecule has 3 aromatic rings. The Balaban J connectivity index is 1.81. The molecule has 1 aromatic heterocycles. The van der Waals surface area contributed by atoms with E-state index in [9.17, 15) is 8.42 Å². The van der Waals surface area contributed by atoms with Crippen LogP contribution in [0.3, 0.4) is 0 Å². The summed E-state index contributed by atoms with van der Waals surface area (Å²) in [4.78, 5) is 0. The van der Waals surface area contributed by atoms with E-state index >= 15 is 0 Å². The van der Waals surface area contributed by atoms with Crippen LogP contribution in [0.25, 0.3) is 22.2 Å². The van der Waals surface area contributed by atoms with Crippen molar-refractivity contribution in [1.29, 1.82) is 0 Å². The Hall–Kier alpha value is -2.67. The summed E-state index contributed by atoms with van der Waals surface area (Å²) in [5, 5.41) is 0.994. The average molecular weight is 414 g/mol. The van der Waals surface area contributed by atoms with Gasteiger partial charge in [-0.1, -0.05) is 12.1 Å². The van der Waals surface area contributed by atoms with Gasteiger partial charge >= 0.3 is 0 Å². The van der Waals surface area contributed by atoms with Crippen LogP contribution >= 0.6 is 0 Å². The van der Waals surface area contributed by atoms with Gasteiger partial charge in [0, 0.05) is 22.7 Å². The fraction of sp³-hybridized carbons (Fsp3) is 0.364. The van der Waals surface area contributed by atoms with Crippen LogP contribution in [-0.2, 0) is 10.0 Å². The highest BCUT2D eigenvalue weighted by atomic mass is 32.2. The number of hydrogen-bond acceptors (Lipinski definition) is 4. The molecule has 0 aliphatic heterocycles. The van der Waals surface area contributed by atoms with Gasteiger partial charge in [-0.3, -0.25) is 4.72 Å². The second-order valence-corrected chi connectivity index (χ2v) is 9.42. The van der Waals surface area contributed by atoms with Crippen LogP contribution in [0.4, 0.5) is 11.4 Å². The Kier molecular flexibility index (Phi) is 5.17. The lowest BCUT2D eigenvalue weighted by Crippen LogP contribution is -2.18. The SMILES string of the molecule is CCOc1ccc2c(c1)c(N)c(-c1ccc(NS(=O)(=O)CC)cc1)n2C1CCC1. The molecule has 0 radical (unpaired) electrons. The molecule has 3 N–H and O–H groups in total. The van der Waals surface area contributed by atoms with Crippen molar-refractivity contribution in [3.8, 4) is 17.0 Å². The molecular formula is C22H27N3O3S. The van der Waals surface area contributed by atoms with Gasteiger partial charge in [0.15, 0.2) is 0 Å². The van der Waals surface area contributed by atoms with E-state index in [0.717, 1.165) is 46.4 Å². The second-order valence-electron chi connectivity index (χ2n) is 7.41. The molecule has 1 aliphatic carbocycles. The average Bonchev–Trinajstić information content (AvgIpc) is 2.93. The van der Waals surface area contributed by atoms with Crippen molar-refractivity contribution in [3.05, 3.63) is 42.5 Å². The Morgan fingerprint density at radius 2 is 1.86 bits per heavy atom. The smallest absolute Gasteiger partial charge is 0.232 e. The third kappa shape index (κ3) is 3.67. The van der Waals surface area contributed by atoms with Crippen molar-refractivity contribution in [3.63, 3.8) is 0 Å². The Labute approximate surface area is 171 Å². The van der Waals surface area contributed by atoms with Crippen molar-refractivity contribution in [2.45, 2.75) is 39.2 Å². The number of nitrogens with one attached hydrogen (secondary N) is 1. The highest BCUT2D eigenvalue weighted by Crippen LogP contribution is 2.44. The minimum absolute atomic E-state index is 0.0415. The van der Waals surface area contributed by atoms with E-state index in [4.69, 9.17) is 10.5 Å². The summed E-state index contributed by atoms with van der Waals surface area (Å²) in [6.45, 7) is 4.19. The summed E-state index contributed by atoms with van der Waals surface area (Å²) < 4.78 is 34.2. The van der Waals surface area contributed by atoms with Crippen LogP contribution in [-0.4, -0.2) is 25.3 Å². The van der Waals surface area contributed by atoms with Gasteiger partial charge < -0.3 is 15.0 Å². The molecular weight excluding hydrogens is 386 g/mol. The zero-order valence-electron chi connectivity index (χ0n) is 16.8. The number of nitrogens with two attached hydrogens (primary N) is 1. The summed E-state index contributed by atoms with van der Waals surface area (Å²) >= 11 is 0. The second kappa shape index (κ2) is 7.63. The summed E-state index contributed by atoms with van der Waals surface area (Å²) in [6, 6.07) is 14.0. The highest BCUT2D eigenvalue weighted by molar-refractivity contribution is 7.92. The van der Waals surface area contributed by atoms with E-state index in [-0.39, 0.29) is 5.75 Å². The maximum absolute atomic E-state index is 11.8. The molecule has 7 heteroatoms. The maximum atomic E-state index is 11.8. The molecule has 0 saturated heterocycles. The first-order chi connectivity index (χ1) is 13.9. The predicted octanol–water partition coefficient (Wildman–Crippen LogP) is 4.78. The monoisotopic (exact) mass is 413 g/mol. The normalized spacial score (nSPS) is 14.7. The standard InChI is InChI=1S/C22H27N3O3S/c1-3-28-18-12-13-20-19(14-18)21(23)22(25(20)17-6-5-7-17)15-8-10-16(11-9-15)24-29(26,27)4-2/h8-14,17,24H,3-7,23H2,1-2H3. The lowest BCUT2D eigenvalue weighted by Gasteiger charge is -2.30. The molecule has 29 heavy (non-hydrogen) atoms. The molecule has 1 aliphatic rings. The first-order valence-corrected chi connectivity index (χ1v) is 11.8. The molecule has 0 bridgehead atoms. The van der Waals surface area contributed by atoms with Crippen molar-refractivity contribution in [2.75, 3.05) is 22.8 Å². The van der Waals surface area contributed by atoms with Gasteiger partial charge in [-0.25, -0.2) is 8.42 Å². The number of rotatable bonds is 7. The van der Waals surface area contributed by atoms with E-state index in [1.165, 1.54) is 6.42 Å². The van der Waals surface area contributed by atoms with Gasteiger partial charge in [0.05, 0.1) is 29.3 Å². The highest BCUT2D eigenvalue weighted by Gasteiger charge is 2.27. The topological polar surface area (TPSA) is 86.3 Å². The lowest BCUT2D eigenvalue weighted by molar-refractivity contribution is 0.324. The fourth-order valence-corrected chi connectivity index (χ4v) is 4.48. The van der Waals surface area contributed by atoms with E-state index in [2.05, 4.69) is 15.4 Å². The number of nitrogen functional groups attached to an aromatic ring is 1. The number of benzene rings is 2. The molecule has 1 saturated carbocycles. The predicted molar refractivity (Wildman–Crippen MR) is 119 cm³/mol. The Morgan fingerprint density at radius 1 is 1.14 bits per heavy atom. The van der Waals surface area contributed by atoms with Crippen LogP contribution < -0.4 is 15.2 Å². The quantitative estimate of drug-likeness (QED) is 0.584. The van der Waals surface area contributed by atoms with Gasteiger partial charge in [-0.05, 0) is 63.4 Å². The Morgan fingerprint density at radius 3 is 2.45 bits per heavy atom. The third-order valence-electron chi connectivity index (χ3n) is 5.58. The molecule has 4 rings (SSSR count). The molecule has 1 heterocycles. The minimum atomic E-state index is -3.30. The number of ether oxygens (including phenoxy) is 1. The van der Waals surface area contributed by atoms with E-state index in [0.29, 0.717) is 18.3 Å². The maximum Gasteiger partial charge on any atom is 0.232 e. The van der Waals surface area contributed by atoms with Crippen LogP contribution in [0.1, 0.15) is 39.2 Å². The number of anilines is 2. The van der Waals surface area contributed by atoms with E-state index in [1.54, 1.807) is 19.1 Å². The molecule has 0 amide bonds. The van der Waals surface area contributed by atoms with Gasteiger partial charge in [-0.15, -0.1) is 0 Å². The molecule has 154 valence electrons. The van der Waals surface area contributed by atoms with E-state index in [1.807, 2.05) is 31.2 Å². The summed E-state index contributed by atoms with van der Waals surface area (Å²) in [7, 11) is -3.30. The molecule has 0 unspecified atom stereocenters. The summed E-state index contributed by atoms with van der Waals surface area (Å²) in [6.07, 6.45) is 3.49. The fourth-order valence-electron chi connectivity index (χ4n) is 3.84. The minimum Gasteiger partial charge on any atom is -0.494 e. The van der Waals surface area contributed by atoms with Crippen LogP contribution in [0, 0.1) is 0 Å². The zero-order valence-corrected chi connectivity index (χ0v) is 17.6. The van der Waals surface area contributed by atoms with Gasteiger partial charge in [0.1, 0.15) is 5.75 Å². The number of hydrogen-bond donors (Lipinski definition) is 2. The van der Waals surface area contributed by atoms with Gasteiger partial charge in [-0.2, -0.15) is 0 Å². The van der Waals surface area contributed by atoms with Gasteiger partial charge in [0.25, 0.3) is 0 Å². The molecule has 2 aromatic carbocycles. The first kappa shape index (κ1) is 19.6. The largest absolute Gasteiger partial charge is 0.494 e. The number of sulfonamides is 1. The third-order valence-corrected chi connectivity index (χ3v) is 6.88. The molecule has 1 fully saturated rings. The molecule has 0 atom stereocenters. The Bertz CT molecular complexity index is 1130. The van der Waals surface area contributed by atoms with E-state index < -0.39 is 10.0 Å². The first-order valence-electron chi connectivity index (χ1n) is 10.1. The lowest BCUT2D eigenvalue weighted by atomic mass is 9.92. The van der Waals surface area contributed by atoms with Crippen LogP contribution in [0.2, 0.25) is 0 Å². The molecule has 6 nitrogen and oxygen atoms in total. The number of aromatic nitrogens is 1. The van der Waals surface area contributed by atoms with Crippen LogP contribution in [0.5, 0.6) is 5.75 Å². The van der Waals surface area contributed by atoms with Crippen molar-refractivity contribution >= 4 is 32.3 Å². The molecule has 0 spiro atoms. The van der Waals surface area contributed by atoms with Crippen LogP contribution in [0.15, 0.2) is 42.5 Å². The van der Waals surface area contributed by atoms with Gasteiger partial charge in [0.2, 0.25) is 10.0 Å². The zero-order chi connectivity index (χ0) is 20.6. The number of nitrogens with zero attached hydrogens (tertiary/aromatic N) is 1. The van der Waals surface area contributed by atoms with Crippen molar-refractivity contribution in [1.82, 2.24) is 4.57 Å². The van der Waals surface area contributed by atoms with Crippen molar-refractivity contribution in [2.24, 2.45) is 0 Å². The summed E-state index contributed by atoms with van der Waals surface area (Å²) in [5.74, 6) is 0.855. The number of fused-ring (bicyclic) bond motifs is 1. The van der Waals surface area contributed by atoms with Crippen molar-refractivity contribution < 1.29 is 13.2 Å².